The number of rotatable bonds is 6. The molecule has 0 fully saturated rings. The van der Waals surface area contributed by atoms with Crippen molar-refractivity contribution in [3.8, 4) is 6.07 Å². The van der Waals surface area contributed by atoms with Gasteiger partial charge < -0.3 is 10.6 Å². The molecule has 124 valence electrons. The predicted molar refractivity (Wildman–Crippen MR) is 91.8 cm³/mol. The molecule has 0 aliphatic rings. The molecule has 1 atom stereocenters. The highest BCUT2D eigenvalue weighted by molar-refractivity contribution is 5.92. The molecule has 0 bridgehead atoms. The van der Waals surface area contributed by atoms with E-state index in [0.717, 1.165) is 5.56 Å². The van der Waals surface area contributed by atoms with Gasteiger partial charge in [-0.3, -0.25) is 4.79 Å². The molecule has 5 heteroatoms. The van der Waals surface area contributed by atoms with Crippen LogP contribution < -0.4 is 10.6 Å². The van der Waals surface area contributed by atoms with E-state index in [1.54, 1.807) is 36.4 Å². The molecule has 24 heavy (non-hydrogen) atoms. The Morgan fingerprint density at radius 3 is 2.29 bits per heavy atom. The highest BCUT2D eigenvalue weighted by atomic mass is 19.1. The second-order valence-corrected chi connectivity index (χ2v) is 5.89. The van der Waals surface area contributed by atoms with Gasteiger partial charge in [-0.25, -0.2) is 4.39 Å². The summed E-state index contributed by atoms with van der Waals surface area (Å²) in [5, 5.41) is 14.8. The first-order valence-corrected chi connectivity index (χ1v) is 7.78. The van der Waals surface area contributed by atoms with Crippen LogP contribution in [0.2, 0.25) is 0 Å². The molecular formula is C19H20FN3O. The third kappa shape index (κ3) is 4.90. The van der Waals surface area contributed by atoms with E-state index < -0.39 is 0 Å². The van der Waals surface area contributed by atoms with Crippen molar-refractivity contribution in [1.82, 2.24) is 5.32 Å². The highest BCUT2D eigenvalue weighted by Crippen LogP contribution is 2.21. The van der Waals surface area contributed by atoms with E-state index in [1.807, 2.05) is 19.9 Å². The van der Waals surface area contributed by atoms with E-state index in [2.05, 4.69) is 10.6 Å². The van der Waals surface area contributed by atoms with Crippen LogP contribution >= 0.6 is 0 Å². The van der Waals surface area contributed by atoms with Crippen LogP contribution in [0.4, 0.5) is 10.1 Å². The van der Waals surface area contributed by atoms with E-state index in [0.29, 0.717) is 11.3 Å². The Morgan fingerprint density at radius 1 is 1.12 bits per heavy atom. The van der Waals surface area contributed by atoms with Gasteiger partial charge in [0.25, 0.3) is 0 Å². The largest absolute Gasteiger partial charge is 0.325 e. The van der Waals surface area contributed by atoms with Gasteiger partial charge in [-0.1, -0.05) is 26.0 Å². The number of hydrogen-bond donors (Lipinski definition) is 2. The van der Waals surface area contributed by atoms with Crippen molar-refractivity contribution in [3.05, 3.63) is 65.5 Å². The van der Waals surface area contributed by atoms with Crippen molar-refractivity contribution in [1.29, 1.82) is 5.26 Å². The molecule has 0 unspecified atom stereocenters. The topological polar surface area (TPSA) is 64.9 Å². The molecule has 0 heterocycles. The molecule has 4 nitrogen and oxygen atoms in total. The minimum absolute atomic E-state index is 0.0442. The molecule has 0 aromatic heterocycles. The lowest BCUT2D eigenvalue weighted by Crippen LogP contribution is -2.33. The van der Waals surface area contributed by atoms with Gasteiger partial charge in [0, 0.05) is 11.7 Å². The summed E-state index contributed by atoms with van der Waals surface area (Å²) >= 11 is 0. The summed E-state index contributed by atoms with van der Waals surface area (Å²) < 4.78 is 13.1. The summed E-state index contributed by atoms with van der Waals surface area (Å²) in [5.41, 5.74) is 2.13. The van der Waals surface area contributed by atoms with Crippen LogP contribution in [0.3, 0.4) is 0 Å². The molecule has 2 aromatic carbocycles. The maximum atomic E-state index is 13.1. The molecule has 0 saturated carbocycles. The van der Waals surface area contributed by atoms with Crippen LogP contribution in [0.25, 0.3) is 0 Å². The van der Waals surface area contributed by atoms with Crippen molar-refractivity contribution < 1.29 is 9.18 Å². The number of carbonyl (C=O) groups is 1. The quantitative estimate of drug-likeness (QED) is 0.852. The van der Waals surface area contributed by atoms with E-state index in [4.69, 9.17) is 5.26 Å². The van der Waals surface area contributed by atoms with Gasteiger partial charge in [0.2, 0.25) is 5.91 Å². The Hall–Kier alpha value is -2.71. The second kappa shape index (κ2) is 8.23. The fourth-order valence-corrected chi connectivity index (χ4v) is 2.44. The Kier molecular flexibility index (Phi) is 6.05. The third-order valence-corrected chi connectivity index (χ3v) is 3.68. The van der Waals surface area contributed by atoms with Gasteiger partial charge >= 0.3 is 0 Å². The summed E-state index contributed by atoms with van der Waals surface area (Å²) in [7, 11) is 0. The lowest BCUT2D eigenvalue weighted by molar-refractivity contribution is -0.115. The molecule has 0 aliphatic heterocycles. The lowest BCUT2D eigenvalue weighted by Gasteiger charge is -2.22. The van der Waals surface area contributed by atoms with Crippen LogP contribution in [0.5, 0.6) is 0 Å². The van der Waals surface area contributed by atoms with Crippen LogP contribution in [0.15, 0.2) is 48.5 Å². The molecule has 2 aromatic rings. The fourth-order valence-electron chi connectivity index (χ4n) is 2.44. The van der Waals surface area contributed by atoms with Crippen LogP contribution in [-0.2, 0) is 4.79 Å². The van der Waals surface area contributed by atoms with E-state index in [9.17, 15) is 9.18 Å². The predicted octanol–water partition coefficient (Wildman–Crippen LogP) is 3.62. The minimum Gasteiger partial charge on any atom is -0.325 e. The summed E-state index contributed by atoms with van der Waals surface area (Å²) in [6.45, 7) is 4.22. The maximum absolute atomic E-state index is 13.1. The van der Waals surface area contributed by atoms with Crippen molar-refractivity contribution in [2.75, 3.05) is 11.9 Å². The first-order chi connectivity index (χ1) is 11.5. The lowest BCUT2D eigenvalue weighted by atomic mass is 9.96. The monoisotopic (exact) mass is 325 g/mol. The summed E-state index contributed by atoms with van der Waals surface area (Å²) in [5.74, 6) is -0.203. The normalized spacial score (nSPS) is 11.8. The number of nitrogens with one attached hydrogen (secondary N) is 2. The second-order valence-electron chi connectivity index (χ2n) is 5.89. The van der Waals surface area contributed by atoms with Gasteiger partial charge in [0.1, 0.15) is 5.82 Å². The summed E-state index contributed by atoms with van der Waals surface area (Å²) in [6, 6.07) is 15.0. The maximum Gasteiger partial charge on any atom is 0.238 e. The van der Waals surface area contributed by atoms with Gasteiger partial charge in [0.05, 0.1) is 18.2 Å². The number of nitriles is 1. The van der Waals surface area contributed by atoms with Gasteiger partial charge in [-0.15, -0.1) is 0 Å². The molecule has 0 saturated heterocycles. The number of amides is 1. The summed E-state index contributed by atoms with van der Waals surface area (Å²) in [6.07, 6.45) is 0. The number of halogens is 1. The average molecular weight is 325 g/mol. The van der Waals surface area contributed by atoms with Gasteiger partial charge in [0.15, 0.2) is 0 Å². The number of anilines is 1. The average Bonchev–Trinajstić information content (AvgIpc) is 2.57. The van der Waals surface area contributed by atoms with Crippen molar-refractivity contribution in [2.45, 2.75) is 19.9 Å². The number of nitrogens with zero attached hydrogens (tertiary/aromatic N) is 1. The molecule has 2 rings (SSSR count). The zero-order valence-electron chi connectivity index (χ0n) is 13.7. The number of benzene rings is 2. The Bertz CT molecular complexity index is 718. The zero-order chi connectivity index (χ0) is 17.5. The van der Waals surface area contributed by atoms with Crippen LogP contribution in [0.1, 0.15) is 31.0 Å². The summed E-state index contributed by atoms with van der Waals surface area (Å²) in [4.78, 5) is 12.1. The Labute approximate surface area is 141 Å². The van der Waals surface area contributed by atoms with Crippen molar-refractivity contribution in [2.24, 2.45) is 5.92 Å². The molecule has 1 amide bonds. The smallest absolute Gasteiger partial charge is 0.238 e. The Balaban J connectivity index is 1.94. The Morgan fingerprint density at radius 2 is 1.75 bits per heavy atom. The van der Waals surface area contributed by atoms with Crippen molar-refractivity contribution >= 4 is 11.6 Å². The highest BCUT2D eigenvalue weighted by Gasteiger charge is 2.16. The number of carbonyl (C=O) groups excluding carboxylic acids is 1. The van der Waals surface area contributed by atoms with E-state index in [-0.39, 0.29) is 30.2 Å². The SMILES string of the molecule is CC(C)[C@H](NCC(=O)Nc1ccc(C#N)cc1)c1ccc(F)cc1. The zero-order valence-corrected chi connectivity index (χ0v) is 13.7. The third-order valence-electron chi connectivity index (χ3n) is 3.68. The van der Waals surface area contributed by atoms with Crippen LogP contribution in [0, 0.1) is 23.1 Å². The van der Waals surface area contributed by atoms with E-state index in [1.165, 1.54) is 12.1 Å². The van der Waals surface area contributed by atoms with Crippen LogP contribution in [-0.4, -0.2) is 12.5 Å². The molecule has 0 spiro atoms. The minimum atomic E-state index is -0.278. The molecular weight excluding hydrogens is 305 g/mol. The number of hydrogen-bond acceptors (Lipinski definition) is 3. The molecule has 2 N–H and O–H groups in total. The van der Waals surface area contributed by atoms with E-state index >= 15 is 0 Å². The first-order valence-electron chi connectivity index (χ1n) is 7.78. The fraction of sp³-hybridized carbons (Fsp3) is 0.263. The van der Waals surface area contributed by atoms with Gasteiger partial charge in [-0.05, 0) is 47.9 Å². The standard InChI is InChI=1S/C19H20FN3O/c1-13(2)19(15-5-7-16(20)8-6-15)22-12-18(24)23-17-9-3-14(11-21)4-10-17/h3-10,13,19,22H,12H2,1-2H3,(H,23,24)/t19-/m0/s1. The first kappa shape index (κ1) is 17.6. The van der Waals surface area contributed by atoms with Gasteiger partial charge in [-0.2, -0.15) is 5.26 Å². The molecule has 0 radical (unpaired) electrons. The molecule has 0 aliphatic carbocycles. The van der Waals surface area contributed by atoms with Crippen molar-refractivity contribution in [3.63, 3.8) is 0 Å².